The van der Waals surface area contributed by atoms with Gasteiger partial charge in [0.25, 0.3) is 0 Å². The van der Waals surface area contributed by atoms with Crippen LogP contribution >= 0.6 is 0 Å². The third-order valence-corrected chi connectivity index (χ3v) is 12.0. The molecule has 2 aromatic heterocycles. The SMILES string of the molecule is CCCCOCCOc1ccc(-c2ccc3c(c2)/C=C(/c2nc4ccc(S(=O)Cc5c(C(F)(F)F)ncn5CCC)cc4[nH]2)CCCN3CC2CCOCC2)cc1. The Morgan fingerprint density at radius 1 is 0.965 bits per heavy atom. The van der Waals surface area contributed by atoms with Crippen LogP contribution in [0.25, 0.3) is 33.8 Å². The Labute approximate surface area is 335 Å². The van der Waals surface area contributed by atoms with Crippen LogP contribution in [0.3, 0.4) is 0 Å². The molecule has 9 nitrogen and oxygen atoms in total. The number of aromatic nitrogens is 4. The van der Waals surface area contributed by atoms with Crippen LogP contribution in [0.5, 0.6) is 5.75 Å². The fourth-order valence-corrected chi connectivity index (χ4v) is 8.81. The molecule has 0 bridgehead atoms. The summed E-state index contributed by atoms with van der Waals surface area (Å²) in [5, 5.41) is 0. The highest BCUT2D eigenvalue weighted by Crippen LogP contribution is 2.37. The van der Waals surface area contributed by atoms with Crippen molar-refractivity contribution in [2.75, 3.05) is 51.0 Å². The monoisotopic (exact) mass is 803 g/mol. The Hall–Kier alpha value is -4.46. The molecule has 1 fully saturated rings. The van der Waals surface area contributed by atoms with Crippen molar-refractivity contribution < 1.29 is 31.6 Å². The molecule has 0 radical (unpaired) electrons. The standard InChI is InChI=1S/C44H52F3N5O4S/c1-3-5-20-54-23-24-56-36-11-8-32(9-12-36)33-10-15-40-35(25-33)26-34(7-6-19-51(40)28-31-16-21-55-22-17-31)43-49-38-14-13-37(27-39(38)50-43)57(53)29-41-42(44(45,46)47)48-30-52(41)18-4-2/h8-15,25-27,30-31H,3-7,16-24,28-29H2,1-2H3,(H,49,50)/b34-26+. The molecule has 1 N–H and O–H groups in total. The number of alkyl halides is 3. The van der Waals surface area contributed by atoms with Crippen LogP contribution in [0.15, 0.2) is 71.9 Å². The van der Waals surface area contributed by atoms with Crippen LogP contribution in [-0.4, -0.2) is 69.9 Å². The number of H-pyrrole nitrogens is 1. The van der Waals surface area contributed by atoms with E-state index in [0.717, 1.165) is 105 Å². The highest BCUT2D eigenvalue weighted by atomic mass is 32.2. The second-order valence-electron chi connectivity index (χ2n) is 14.9. The van der Waals surface area contributed by atoms with Crippen molar-refractivity contribution >= 4 is 39.2 Å². The molecule has 1 saturated heterocycles. The lowest BCUT2D eigenvalue weighted by atomic mass is 9.94. The van der Waals surface area contributed by atoms with Crippen molar-refractivity contribution in [2.24, 2.45) is 5.92 Å². The smallest absolute Gasteiger partial charge is 0.435 e. The summed E-state index contributed by atoms with van der Waals surface area (Å²) in [5.41, 5.74) is 5.85. The molecule has 4 heterocycles. The van der Waals surface area contributed by atoms with Gasteiger partial charge in [-0.3, -0.25) is 4.21 Å². The number of nitrogens with zero attached hydrogens (tertiary/aromatic N) is 4. The molecule has 57 heavy (non-hydrogen) atoms. The molecule has 304 valence electrons. The van der Waals surface area contributed by atoms with Gasteiger partial charge in [-0.1, -0.05) is 38.5 Å². The number of halogens is 3. The van der Waals surface area contributed by atoms with Crippen LogP contribution in [0, 0.1) is 5.92 Å². The summed E-state index contributed by atoms with van der Waals surface area (Å²) in [6, 6.07) is 20.1. The normalized spacial score (nSPS) is 16.9. The summed E-state index contributed by atoms with van der Waals surface area (Å²) in [4.78, 5) is 15.0. The molecule has 1 atom stereocenters. The molecule has 0 amide bonds. The molecule has 13 heteroatoms. The van der Waals surface area contributed by atoms with Crippen molar-refractivity contribution in [3.05, 3.63) is 89.8 Å². The average Bonchev–Trinajstić information content (AvgIpc) is 3.82. The van der Waals surface area contributed by atoms with E-state index < -0.39 is 22.7 Å². The van der Waals surface area contributed by atoms with Crippen LogP contribution in [-0.2, 0) is 38.7 Å². The number of nitrogens with one attached hydrogen (secondary N) is 1. The van der Waals surface area contributed by atoms with E-state index in [0.29, 0.717) is 48.0 Å². The first-order chi connectivity index (χ1) is 27.7. The molecule has 0 saturated carbocycles. The number of rotatable bonds is 16. The molecular weight excluding hydrogens is 752 g/mol. The Morgan fingerprint density at radius 3 is 2.54 bits per heavy atom. The zero-order valence-electron chi connectivity index (χ0n) is 32.8. The Kier molecular flexibility index (Phi) is 13.5. The van der Waals surface area contributed by atoms with Gasteiger partial charge in [0, 0.05) is 50.0 Å². The van der Waals surface area contributed by atoms with Crippen molar-refractivity contribution in [2.45, 2.75) is 82.2 Å². The van der Waals surface area contributed by atoms with Gasteiger partial charge < -0.3 is 28.7 Å². The first kappa shape index (κ1) is 40.7. The van der Waals surface area contributed by atoms with Crippen molar-refractivity contribution in [3.8, 4) is 16.9 Å². The lowest BCUT2D eigenvalue weighted by Gasteiger charge is -2.33. The Balaban J connectivity index is 1.15. The molecule has 7 rings (SSSR count). The number of ether oxygens (including phenoxy) is 3. The number of hydrogen-bond donors (Lipinski definition) is 1. The van der Waals surface area contributed by atoms with E-state index in [1.54, 1.807) is 18.2 Å². The zero-order chi connectivity index (χ0) is 39.8. The number of aromatic amines is 1. The van der Waals surface area contributed by atoms with Gasteiger partial charge in [-0.25, -0.2) is 9.97 Å². The maximum atomic E-state index is 13.8. The fraction of sp³-hybridized carbons (Fsp3) is 0.455. The summed E-state index contributed by atoms with van der Waals surface area (Å²) in [6.07, 6.45) is 5.42. The summed E-state index contributed by atoms with van der Waals surface area (Å²) in [5.74, 6) is 1.81. The molecule has 3 aromatic carbocycles. The van der Waals surface area contributed by atoms with Crippen LogP contribution in [0.4, 0.5) is 18.9 Å². The van der Waals surface area contributed by atoms with Gasteiger partial charge >= 0.3 is 6.18 Å². The minimum Gasteiger partial charge on any atom is -0.491 e. The zero-order valence-corrected chi connectivity index (χ0v) is 33.6. The predicted molar refractivity (Wildman–Crippen MR) is 220 cm³/mol. The van der Waals surface area contributed by atoms with E-state index in [1.165, 1.54) is 16.6 Å². The predicted octanol–water partition coefficient (Wildman–Crippen LogP) is 9.93. The second kappa shape index (κ2) is 18.9. The molecule has 0 aliphatic carbocycles. The maximum absolute atomic E-state index is 13.8. The number of hydrogen-bond acceptors (Lipinski definition) is 7. The van der Waals surface area contributed by atoms with Gasteiger partial charge in [0.15, 0.2) is 5.69 Å². The molecule has 5 aromatic rings. The van der Waals surface area contributed by atoms with Gasteiger partial charge in [-0.2, -0.15) is 13.2 Å². The number of imidazole rings is 2. The Bertz CT molecular complexity index is 2160. The maximum Gasteiger partial charge on any atom is 0.435 e. The largest absolute Gasteiger partial charge is 0.491 e. The fourth-order valence-electron chi connectivity index (χ4n) is 7.63. The van der Waals surface area contributed by atoms with E-state index in [1.807, 2.05) is 19.1 Å². The number of anilines is 1. The summed E-state index contributed by atoms with van der Waals surface area (Å²) >= 11 is 0. The van der Waals surface area contributed by atoms with Crippen molar-refractivity contribution in [1.29, 1.82) is 0 Å². The summed E-state index contributed by atoms with van der Waals surface area (Å²) < 4.78 is 73.7. The number of benzene rings is 3. The van der Waals surface area contributed by atoms with Crippen LogP contribution in [0.1, 0.15) is 81.6 Å². The molecule has 2 aliphatic rings. The minimum absolute atomic E-state index is 0.0656. The Morgan fingerprint density at radius 2 is 1.77 bits per heavy atom. The topological polar surface area (TPSA) is 94.5 Å². The first-order valence-corrected chi connectivity index (χ1v) is 21.5. The van der Waals surface area contributed by atoms with Gasteiger partial charge in [-0.05, 0) is 115 Å². The third kappa shape index (κ3) is 10.2. The lowest BCUT2D eigenvalue weighted by Crippen LogP contribution is -2.34. The summed E-state index contributed by atoms with van der Waals surface area (Å²) in [7, 11) is -1.74. The number of allylic oxidation sites excluding steroid dienone is 1. The molecular formula is C44H52F3N5O4S. The highest BCUT2D eigenvalue weighted by molar-refractivity contribution is 7.84. The van der Waals surface area contributed by atoms with E-state index in [4.69, 9.17) is 19.2 Å². The minimum atomic E-state index is -4.63. The van der Waals surface area contributed by atoms with Crippen LogP contribution < -0.4 is 9.64 Å². The number of unbranched alkanes of at least 4 members (excludes halogenated alkanes) is 1. The van der Waals surface area contributed by atoms with E-state index in [-0.39, 0.29) is 11.4 Å². The third-order valence-electron chi connectivity index (χ3n) is 10.7. The van der Waals surface area contributed by atoms with Gasteiger partial charge in [-0.15, -0.1) is 0 Å². The van der Waals surface area contributed by atoms with Gasteiger partial charge in [0.1, 0.15) is 18.2 Å². The van der Waals surface area contributed by atoms with E-state index in [9.17, 15) is 17.4 Å². The van der Waals surface area contributed by atoms with E-state index in [2.05, 4.69) is 58.2 Å². The molecule has 1 unspecified atom stereocenters. The van der Waals surface area contributed by atoms with E-state index >= 15 is 0 Å². The average molecular weight is 804 g/mol. The number of aryl methyl sites for hydroxylation is 1. The lowest BCUT2D eigenvalue weighted by molar-refractivity contribution is -0.141. The van der Waals surface area contributed by atoms with Gasteiger partial charge in [0.2, 0.25) is 0 Å². The van der Waals surface area contributed by atoms with Crippen molar-refractivity contribution in [3.63, 3.8) is 0 Å². The number of fused-ring (bicyclic) bond motifs is 2. The quantitative estimate of drug-likeness (QED) is 0.0993. The molecule has 2 aliphatic heterocycles. The first-order valence-electron chi connectivity index (χ1n) is 20.2. The second-order valence-corrected chi connectivity index (χ2v) is 16.3. The summed E-state index contributed by atoms with van der Waals surface area (Å²) in [6.45, 7) is 9.70. The molecule has 0 spiro atoms. The van der Waals surface area contributed by atoms with Crippen molar-refractivity contribution in [1.82, 2.24) is 19.5 Å². The highest BCUT2D eigenvalue weighted by Gasteiger charge is 2.38. The van der Waals surface area contributed by atoms with Crippen LogP contribution in [0.2, 0.25) is 0 Å². The van der Waals surface area contributed by atoms with Gasteiger partial charge in [0.05, 0.1) is 46.2 Å².